The van der Waals surface area contributed by atoms with Crippen LogP contribution in [0.1, 0.15) is 93.9 Å². The van der Waals surface area contributed by atoms with Gasteiger partial charge in [0.2, 0.25) is 0 Å². The van der Waals surface area contributed by atoms with Gasteiger partial charge in [0.1, 0.15) is 0 Å². The molecule has 3 atom stereocenters. The van der Waals surface area contributed by atoms with E-state index in [2.05, 4.69) is 23.9 Å². The Bertz CT molecular complexity index is 1560. The number of fused-ring (bicyclic) bond motifs is 2. The zero-order chi connectivity index (χ0) is 31.6. The van der Waals surface area contributed by atoms with Crippen molar-refractivity contribution in [2.45, 2.75) is 90.9 Å². The van der Waals surface area contributed by atoms with Gasteiger partial charge in [0.05, 0.1) is 34.8 Å². The highest BCUT2D eigenvalue weighted by Crippen LogP contribution is 2.67. The second kappa shape index (κ2) is 11.1. The van der Waals surface area contributed by atoms with Crippen LogP contribution in [0.2, 0.25) is 5.02 Å². The molecule has 0 aliphatic heterocycles. The fraction of sp³-hybridized carbons (Fsp3) is 0.606. The molecule has 3 aromatic rings. The van der Waals surface area contributed by atoms with Gasteiger partial charge in [-0.2, -0.15) is 18.3 Å². The summed E-state index contributed by atoms with van der Waals surface area (Å²) in [6, 6.07) is 4.87. The van der Waals surface area contributed by atoms with Crippen LogP contribution in [0.4, 0.5) is 13.2 Å². The van der Waals surface area contributed by atoms with E-state index in [0.717, 1.165) is 40.2 Å². The summed E-state index contributed by atoms with van der Waals surface area (Å²) in [6.07, 6.45) is 1.63. The fourth-order valence-electron chi connectivity index (χ4n) is 8.05. The van der Waals surface area contributed by atoms with Gasteiger partial charge in [-0.15, -0.1) is 0 Å². The molecule has 1 N–H and O–H groups in total. The van der Waals surface area contributed by atoms with Crippen LogP contribution in [0.25, 0.3) is 10.9 Å². The van der Waals surface area contributed by atoms with Crippen molar-refractivity contribution in [2.24, 2.45) is 22.7 Å². The fourth-order valence-corrected chi connectivity index (χ4v) is 8.35. The molecule has 0 unspecified atom stereocenters. The number of benzene rings is 1. The van der Waals surface area contributed by atoms with Gasteiger partial charge in [-0.05, 0) is 93.7 Å². The number of esters is 1. The van der Waals surface area contributed by atoms with Crippen molar-refractivity contribution in [3.8, 4) is 0 Å². The molecule has 0 radical (unpaired) electrons. The number of aromatic nitrogens is 3. The molecule has 238 valence electrons. The smallest absolute Gasteiger partial charge is 0.433 e. The third kappa shape index (κ3) is 5.31. The molecule has 1 aromatic carbocycles. The summed E-state index contributed by atoms with van der Waals surface area (Å²) in [5.41, 5.74) is -0.150. The van der Waals surface area contributed by atoms with Crippen LogP contribution in [-0.4, -0.2) is 50.7 Å². The molecular formula is C33H40ClF3N4O3. The Morgan fingerprint density at radius 3 is 2.48 bits per heavy atom. The molecule has 2 aromatic heterocycles. The maximum Gasteiger partial charge on any atom is 0.433 e. The van der Waals surface area contributed by atoms with Gasteiger partial charge < -0.3 is 14.6 Å². The molecular weight excluding hydrogens is 593 g/mol. The van der Waals surface area contributed by atoms with Crippen molar-refractivity contribution in [1.29, 1.82) is 0 Å². The highest BCUT2D eigenvalue weighted by molar-refractivity contribution is 6.35. The van der Waals surface area contributed by atoms with Crippen molar-refractivity contribution in [1.82, 2.24) is 19.7 Å². The number of aromatic amines is 1. The van der Waals surface area contributed by atoms with Gasteiger partial charge in [-0.25, -0.2) is 0 Å². The molecule has 1 amide bonds. The summed E-state index contributed by atoms with van der Waals surface area (Å²) in [5, 5.41) is 5.64. The second-order valence-electron chi connectivity index (χ2n) is 13.7. The third-order valence-electron chi connectivity index (χ3n) is 10.9. The Morgan fingerprint density at radius 1 is 1.16 bits per heavy atom. The Labute approximate surface area is 260 Å². The van der Waals surface area contributed by atoms with Crippen molar-refractivity contribution < 1.29 is 27.5 Å². The molecule has 3 aliphatic carbocycles. The minimum absolute atomic E-state index is 0.143. The van der Waals surface area contributed by atoms with E-state index in [1.54, 1.807) is 24.8 Å². The molecule has 44 heavy (non-hydrogen) atoms. The number of ether oxygens (including phenoxy) is 1. The summed E-state index contributed by atoms with van der Waals surface area (Å²) < 4.78 is 50.5. The minimum atomic E-state index is -4.78. The number of nitrogens with zero attached hydrogens (tertiary/aromatic N) is 3. The molecule has 2 heterocycles. The summed E-state index contributed by atoms with van der Waals surface area (Å²) in [7, 11) is 0. The Hall–Kier alpha value is -3.01. The largest absolute Gasteiger partial charge is 0.466 e. The lowest BCUT2D eigenvalue weighted by Crippen LogP contribution is -2.42. The van der Waals surface area contributed by atoms with Crippen molar-refractivity contribution in [2.75, 3.05) is 13.2 Å². The Balaban J connectivity index is 1.28. The van der Waals surface area contributed by atoms with Gasteiger partial charge in [-0.1, -0.05) is 31.5 Å². The van der Waals surface area contributed by atoms with Crippen LogP contribution in [0.3, 0.4) is 0 Å². The van der Waals surface area contributed by atoms with E-state index < -0.39 is 34.8 Å². The lowest BCUT2D eigenvalue weighted by atomic mass is 9.74. The zero-order valence-corrected chi connectivity index (χ0v) is 26.4. The maximum absolute atomic E-state index is 14.8. The average molecular weight is 633 g/mol. The van der Waals surface area contributed by atoms with E-state index in [-0.39, 0.29) is 30.6 Å². The molecule has 7 nitrogen and oxygen atoms in total. The Morgan fingerprint density at radius 2 is 1.84 bits per heavy atom. The number of carbonyl (C=O) groups is 2. The van der Waals surface area contributed by atoms with Crippen LogP contribution < -0.4 is 0 Å². The van der Waals surface area contributed by atoms with Gasteiger partial charge in [-0.3, -0.25) is 14.3 Å². The quantitative estimate of drug-likeness (QED) is 0.257. The van der Waals surface area contributed by atoms with Gasteiger partial charge in [0, 0.05) is 29.7 Å². The number of nitrogens with one attached hydrogen (secondary N) is 1. The predicted octanol–water partition coefficient (Wildman–Crippen LogP) is 7.84. The van der Waals surface area contributed by atoms with E-state index >= 15 is 0 Å². The van der Waals surface area contributed by atoms with Crippen LogP contribution in [-0.2, 0) is 22.1 Å². The van der Waals surface area contributed by atoms with Crippen molar-refractivity contribution >= 4 is 34.4 Å². The number of amides is 1. The lowest BCUT2D eigenvalue weighted by Gasteiger charge is -2.36. The Kier molecular flexibility index (Phi) is 7.82. The average Bonchev–Trinajstić information content (AvgIpc) is 3.53. The van der Waals surface area contributed by atoms with Crippen molar-refractivity contribution in [3.63, 3.8) is 0 Å². The van der Waals surface area contributed by atoms with Gasteiger partial charge >= 0.3 is 12.1 Å². The summed E-state index contributed by atoms with van der Waals surface area (Å²) >= 11 is 6.50. The van der Waals surface area contributed by atoms with E-state index in [0.29, 0.717) is 49.0 Å². The monoisotopic (exact) mass is 632 g/mol. The number of hydrogen-bond donors (Lipinski definition) is 1. The summed E-state index contributed by atoms with van der Waals surface area (Å²) in [5.74, 6) is -0.0290. The molecule has 0 saturated heterocycles. The number of hydrogen-bond acceptors (Lipinski definition) is 4. The van der Waals surface area contributed by atoms with Crippen LogP contribution in [0.5, 0.6) is 0 Å². The molecule has 0 spiro atoms. The molecule has 11 heteroatoms. The first-order valence-corrected chi connectivity index (χ1v) is 16.0. The SMILES string of the molecule is CCOC(=O)[C@]1(C)CC[C@@H](n2ncc(C(=O)N(CCc3c[nH]c4cccc(Cl)c34)[C@@H]3C[C@@H]4[C@H](C3)C4(C)C)c2C(F)(F)F)CC1. The topological polar surface area (TPSA) is 80.2 Å². The normalized spacial score (nSPS) is 27.7. The second-order valence-corrected chi connectivity index (χ2v) is 14.2. The van der Waals surface area contributed by atoms with Gasteiger partial charge in [0.25, 0.3) is 5.91 Å². The number of carbonyl (C=O) groups excluding carboxylic acids is 2. The predicted molar refractivity (Wildman–Crippen MR) is 161 cm³/mol. The van der Waals surface area contributed by atoms with Crippen LogP contribution in [0.15, 0.2) is 30.6 Å². The molecule has 3 aliphatic rings. The van der Waals surface area contributed by atoms with E-state index in [1.165, 1.54) is 0 Å². The first-order chi connectivity index (χ1) is 20.8. The highest BCUT2D eigenvalue weighted by Gasteiger charge is 2.63. The molecule has 6 rings (SSSR count). The number of rotatable bonds is 8. The third-order valence-corrected chi connectivity index (χ3v) is 11.2. The standard InChI is InChI=1S/C33H40ClF3N4O3/c1-5-44-30(43)32(4)12-9-20(10-13-32)41-28(33(35,36)37)22(18-39-41)29(42)40(21-15-23-24(16-21)31(23,2)3)14-11-19-17-38-26-8-6-7-25(34)27(19)26/h6-8,17-18,20-21,23-24,38H,5,9-16H2,1-4H3/t20-,21-,23-,24+,32-. The highest BCUT2D eigenvalue weighted by atomic mass is 35.5. The van der Waals surface area contributed by atoms with E-state index in [9.17, 15) is 22.8 Å². The zero-order valence-electron chi connectivity index (χ0n) is 25.6. The number of H-pyrrole nitrogens is 1. The van der Waals surface area contributed by atoms with E-state index in [1.807, 2.05) is 18.3 Å². The molecule has 3 fully saturated rings. The van der Waals surface area contributed by atoms with Gasteiger partial charge in [0.15, 0.2) is 5.69 Å². The lowest BCUT2D eigenvalue weighted by molar-refractivity contribution is -0.157. The molecule has 0 bridgehead atoms. The maximum atomic E-state index is 14.8. The summed E-state index contributed by atoms with van der Waals surface area (Å²) in [4.78, 5) is 31.6. The van der Waals surface area contributed by atoms with Crippen molar-refractivity contribution in [3.05, 3.63) is 52.4 Å². The van der Waals surface area contributed by atoms with Crippen LogP contribution >= 0.6 is 11.6 Å². The molecule has 3 saturated carbocycles. The summed E-state index contributed by atoms with van der Waals surface area (Å²) in [6.45, 7) is 8.51. The first-order valence-electron chi connectivity index (χ1n) is 15.6. The minimum Gasteiger partial charge on any atom is -0.466 e. The van der Waals surface area contributed by atoms with Crippen LogP contribution in [0, 0.1) is 22.7 Å². The first kappa shape index (κ1) is 31.0. The number of halogens is 4. The van der Waals surface area contributed by atoms with E-state index in [4.69, 9.17) is 16.3 Å². The number of alkyl halides is 3.